The zero-order valence-corrected chi connectivity index (χ0v) is 10.4. The van der Waals surface area contributed by atoms with Crippen LogP contribution in [0.25, 0.3) is 0 Å². The van der Waals surface area contributed by atoms with Crippen molar-refractivity contribution >= 4 is 0 Å². The van der Waals surface area contributed by atoms with Gasteiger partial charge in [0.1, 0.15) is 12.4 Å². The molecular weight excluding hydrogens is 222 g/mol. The number of ether oxygens (including phenoxy) is 1. The van der Waals surface area contributed by atoms with E-state index in [1.54, 1.807) is 0 Å². The highest BCUT2D eigenvalue weighted by Gasteiger charge is 1.99. The SMILES string of the molecule is Cc1ccccc1COc1ccc(CC#N)cc1. The van der Waals surface area contributed by atoms with E-state index >= 15 is 0 Å². The smallest absolute Gasteiger partial charge is 0.119 e. The average Bonchev–Trinajstić information content (AvgIpc) is 2.40. The average molecular weight is 237 g/mol. The number of hydrogen-bond acceptors (Lipinski definition) is 2. The van der Waals surface area contributed by atoms with Gasteiger partial charge in [0.25, 0.3) is 0 Å². The third-order valence-electron chi connectivity index (χ3n) is 2.86. The highest BCUT2D eigenvalue weighted by atomic mass is 16.5. The van der Waals surface area contributed by atoms with E-state index in [-0.39, 0.29) is 0 Å². The van der Waals surface area contributed by atoms with Crippen LogP contribution in [0.1, 0.15) is 16.7 Å². The van der Waals surface area contributed by atoms with Gasteiger partial charge >= 0.3 is 0 Å². The first-order chi connectivity index (χ1) is 8.79. The Kier molecular flexibility index (Phi) is 3.98. The molecular formula is C16H15NO. The molecule has 0 aromatic heterocycles. The minimum atomic E-state index is 0.443. The molecule has 2 nitrogen and oxygen atoms in total. The van der Waals surface area contributed by atoms with Gasteiger partial charge in [0.05, 0.1) is 12.5 Å². The molecule has 0 spiro atoms. The van der Waals surface area contributed by atoms with Crippen LogP contribution < -0.4 is 4.74 Å². The van der Waals surface area contributed by atoms with Gasteiger partial charge in [-0.15, -0.1) is 0 Å². The minimum absolute atomic E-state index is 0.443. The predicted molar refractivity (Wildman–Crippen MR) is 71.3 cm³/mol. The van der Waals surface area contributed by atoms with Crippen molar-refractivity contribution in [3.05, 3.63) is 65.2 Å². The number of aryl methyl sites for hydroxylation is 1. The summed E-state index contributed by atoms with van der Waals surface area (Å²) in [4.78, 5) is 0. The number of rotatable bonds is 4. The third-order valence-corrected chi connectivity index (χ3v) is 2.86. The molecule has 90 valence electrons. The van der Waals surface area contributed by atoms with E-state index in [0.717, 1.165) is 11.3 Å². The zero-order valence-electron chi connectivity index (χ0n) is 10.4. The molecule has 0 N–H and O–H groups in total. The molecule has 0 unspecified atom stereocenters. The molecule has 0 heterocycles. The molecule has 2 aromatic rings. The van der Waals surface area contributed by atoms with Crippen LogP contribution in [0.15, 0.2) is 48.5 Å². The highest BCUT2D eigenvalue weighted by molar-refractivity contribution is 5.30. The van der Waals surface area contributed by atoms with Gasteiger partial charge in [-0.1, -0.05) is 36.4 Å². The summed E-state index contributed by atoms with van der Waals surface area (Å²) in [6, 6.07) is 18.0. The second-order valence-electron chi connectivity index (χ2n) is 4.19. The molecule has 0 amide bonds. The number of nitrogens with zero attached hydrogens (tertiary/aromatic N) is 1. The molecule has 0 atom stereocenters. The Hall–Kier alpha value is -2.27. The molecule has 2 heteroatoms. The molecule has 2 rings (SSSR count). The Labute approximate surface area is 107 Å². The lowest BCUT2D eigenvalue weighted by Gasteiger charge is -2.08. The van der Waals surface area contributed by atoms with E-state index in [1.165, 1.54) is 11.1 Å². The monoisotopic (exact) mass is 237 g/mol. The van der Waals surface area contributed by atoms with Crippen LogP contribution >= 0.6 is 0 Å². The fraction of sp³-hybridized carbons (Fsp3) is 0.188. The van der Waals surface area contributed by atoms with E-state index in [0.29, 0.717) is 13.0 Å². The molecule has 0 aliphatic rings. The largest absolute Gasteiger partial charge is 0.489 e. The lowest BCUT2D eigenvalue weighted by Crippen LogP contribution is -1.97. The fourth-order valence-electron chi connectivity index (χ4n) is 1.73. The molecule has 18 heavy (non-hydrogen) atoms. The zero-order chi connectivity index (χ0) is 12.8. The second-order valence-corrected chi connectivity index (χ2v) is 4.19. The molecule has 2 aromatic carbocycles. The lowest BCUT2D eigenvalue weighted by molar-refractivity contribution is 0.305. The van der Waals surface area contributed by atoms with Crippen molar-refractivity contribution in [2.45, 2.75) is 20.0 Å². The molecule has 0 saturated heterocycles. The van der Waals surface area contributed by atoms with E-state index in [2.05, 4.69) is 25.1 Å². The van der Waals surface area contributed by atoms with Crippen molar-refractivity contribution in [2.24, 2.45) is 0 Å². The summed E-state index contributed by atoms with van der Waals surface area (Å²) >= 11 is 0. The quantitative estimate of drug-likeness (QED) is 0.813. The van der Waals surface area contributed by atoms with Crippen molar-refractivity contribution < 1.29 is 4.74 Å². The Morgan fingerprint density at radius 3 is 2.44 bits per heavy atom. The van der Waals surface area contributed by atoms with Crippen molar-refractivity contribution in [1.82, 2.24) is 0 Å². The maximum absolute atomic E-state index is 8.59. The van der Waals surface area contributed by atoms with Crippen LogP contribution in [0, 0.1) is 18.3 Å². The summed E-state index contributed by atoms with van der Waals surface area (Å²) in [6.45, 7) is 2.65. The Morgan fingerprint density at radius 2 is 1.78 bits per heavy atom. The number of benzene rings is 2. The summed E-state index contributed by atoms with van der Waals surface area (Å²) in [7, 11) is 0. The summed E-state index contributed by atoms with van der Waals surface area (Å²) in [5.74, 6) is 0.833. The first-order valence-electron chi connectivity index (χ1n) is 5.93. The number of nitriles is 1. The molecule has 0 saturated carbocycles. The van der Waals surface area contributed by atoms with Gasteiger partial charge in [-0.3, -0.25) is 0 Å². The predicted octanol–water partition coefficient (Wildman–Crippen LogP) is 3.64. The van der Waals surface area contributed by atoms with Gasteiger partial charge in [0, 0.05) is 0 Å². The lowest BCUT2D eigenvalue weighted by atomic mass is 10.1. The van der Waals surface area contributed by atoms with Crippen molar-refractivity contribution in [1.29, 1.82) is 5.26 Å². The molecule has 0 radical (unpaired) electrons. The van der Waals surface area contributed by atoms with Crippen LogP contribution in [-0.2, 0) is 13.0 Å². The summed E-state index contributed by atoms with van der Waals surface area (Å²) in [6.07, 6.45) is 0.443. The standard InChI is InChI=1S/C16H15NO/c1-13-4-2-3-5-15(13)12-18-16-8-6-14(7-9-16)10-11-17/h2-9H,10,12H2,1H3. The van der Waals surface area contributed by atoms with Gasteiger partial charge in [-0.25, -0.2) is 0 Å². The van der Waals surface area contributed by atoms with E-state index in [9.17, 15) is 0 Å². The van der Waals surface area contributed by atoms with E-state index in [1.807, 2.05) is 36.4 Å². The summed E-state index contributed by atoms with van der Waals surface area (Å²) in [5.41, 5.74) is 3.44. The second kappa shape index (κ2) is 5.88. The van der Waals surface area contributed by atoms with Gasteiger partial charge in [-0.2, -0.15) is 5.26 Å². The van der Waals surface area contributed by atoms with Crippen molar-refractivity contribution in [2.75, 3.05) is 0 Å². The van der Waals surface area contributed by atoms with E-state index in [4.69, 9.17) is 10.00 Å². The van der Waals surface area contributed by atoms with Crippen LogP contribution in [0.2, 0.25) is 0 Å². The normalized spacial score (nSPS) is 9.78. The first-order valence-corrected chi connectivity index (χ1v) is 5.93. The fourth-order valence-corrected chi connectivity index (χ4v) is 1.73. The summed E-state index contributed by atoms with van der Waals surface area (Å²) < 4.78 is 5.72. The van der Waals surface area contributed by atoms with Gasteiger partial charge in [0.15, 0.2) is 0 Å². The van der Waals surface area contributed by atoms with Gasteiger partial charge in [-0.05, 0) is 35.7 Å². The van der Waals surface area contributed by atoms with Gasteiger partial charge < -0.3 is 4.74 Å². The maximum Gasteiger partial charge on any atom is 0.119 e. The molecule has 0 fully saturated rings. The Balaban J connectivity index is 1.98. The Bertz CT molecular complexity index is 552. The molecule has 0 aliphatic heterocycles. The minimum Gasteiger partial charge on any atom is -0.489 e. The third kappa shape index (κ3) is 3.11. The maximum atomic E-state index is 8.59. The van der Waals surface area contributed by atoms with Crippen molar-refractivity contribution in [3.63, 3.8) is 0 Å². The van der Waals surface area contributed by atoms with Crippen LogP contribution in [-0.4, -0.2) is 0 Å². The van der Waals surface area contributed by atoms with Crippen LogP contribution in [0.4, 0.5) is 0 Å². The van der Waals surface area contributed by atoms with Crippen LogP contribution in [0.3, 0.4) is 0 Å². The Morgan fingerprint density at radius 1 is 1.06 bits per heavy atom. The molecule has 0 aliphatic carbocycles. The summed E-state index contributed by atoms with van der Waals surface area (Å²) in [5, 5.41) is 8.59. The van der Waals surface area contributed by atoms with Crippen LogP contribution in [0.5, 0.6) is 5.75 Å². The van der Waals surface area contributed by atoms with Gasteiger partial charge in [0.2, 0.25) is 0 Å². The molecule has 0 bridgehead atoms. The van der Waals surface area contributed by atoms with E-state index < -0.39 is 0 Å². The first kappa shape index (κ1) is 12.2. The van der Waals surface area contributed by atoms with Crippen molar-refractivity contribution in [3.8, 4) is 11.8 Å². The topological polar surface area (TPSA) is 33.0 Å². The highest BCUT2D eigenvalue weighted by Crippen LogP contribution is 2.15. The number of hydrogen-bond donors (Lipinski definition) is 0.